The second-order valence-electron chi connectivity index (χ2n) is 9.73. The maximum Gasteiger partial charge on any atom is 0.407 e. The predicted molar refractivity (Wildman–Crippen MR) is 145 cm³/mol. The highest BCUT2D eigenvalue weighted by molar-refractivity contribution is 5.75. The molecule has 0 heterocycles. The number of benzene rings is 3. The van der Waals surface area contributed by atoms with Gasteiger partial charge in [0, 0.05) is 30.9 Å². The Morgan fingerprint density at radius 3 is 2.38 bits per heavy atom. The van der Waals surface area contributed by atoms with Crippen molar-refractivity contribution in [1.82, 2.24) is 10.2 Å². The van der Waals surface area contributed by atoms with E-state index in [4.69, 9.17) is 14.2 Å². The van der Waals surface area contributed by atoms with Crippen molar-refractivity contribution in [3.8, 4) is 22.6 Å². The molecule has 0 aliphatic heterocycles. The van der Waals surface area contributed by atoms with Gasteiger partial charge in [0.05, 0.1) is 19.9 Å². The number of likely N-dealkylation sites (N-methyl/N-ethyl adjacent to an activating group) is 1. The van der Waals surface area contributed by atoms with E-state index in [1.807, 2.05) is 70.3 Å². The largest absolute Gasteiger partial charge is 0.497 e. The standard InChI is InChI=1S/C29H36FN3O4/c1-29(2,3)37-28(34)31-16-17-33(4)19-20-10-12-22(13-11-20)32-25-15-14-24(26(30)27(25)36-6)21-8-7-9-23(18-21)35-5/h7-15,18,32H,16-17,19H2,1-6H3,(H,31,34). The number of carbonyl (C=O) groups is 1. The number of hydrogen-bond acceptors (Lipinski definition) is 6. The molecule has 0 saturated carbocycles. The van der Waals surface area contributed by atoms with Crippen molar-refractivity contribution in [3.63, 3.8) is 0 Å². The third-order valence-electron chi connectivity index (χ3n) is 5.53. The van der Waals surface area contributed by atoms with Crippen molar-refractivity contribution in [2.24, 2.45) is 0 Å². The Balaban J connectivity index is 1.60. The molecule has 0 unspecified atom stereocenters. The lowest BCUT2D eigenvalue weighted by atomic mass is 10.0. The van der Waals surface area contributed by atoms with Crippen LogP contribution < -0.4 is 20.1 Å². The summed E-state index contributed by atoms with van der Waals surface area (Å²) in [4.78, 5) is 13.9. The molecular formula is C29H36FN3O4. The van der Waals surface area contributed by atoms with Crippen molar-refractivity contribution >= 4 is 17.5 Å². The molecule has 3 rings (SSSR count). The predicted octanol–water partition coefficient (Wildman–Crippen LogP) is 6.21. The van der Waals surface area contributed by atoms with E-state index in [0.29, 0.717) is 42.2 Å². The molecule has 1 amide bonds. The van der Waals surface area contributed by atoms with Crippen LogP contribution in [0, 0.1) is 5.82 Å². The molecule has 3 aromatic carbocycles. The zero-order valence-corrected chi connectivity index (χ0v) is 22.4. The normalized spacial score (nSPS) is 11.2. The molecular weight excluding hydrogens is 473 g/mol. The van der Waals surface area contributed by atoms with Crippen molar-refractivity contribution in [2.45, 2.75) is 32.9 Å². The van der Waals surface area contributed by atoms with Gasteiger partial charge in [-0.25, -0.2) is 9.18 Å². The van der Waals surface area contributed by atoms with Crippen LogP contribution in [0.25, 0.3) is 11.1 Å². The highest BCUT2D eigenvalue weighted by Crippen LogP contribution is 2.37. The summed E-state index contributed by atoms with van der Waals surface area (Å²) >= 11 is 0. The average Bonchev–Trinajstić information content (AvgIpc) is 2.84. The summed E-state index contributed by atoms with van der Waals surface area (Å²) in [5.41, 5.74) is 3.07. The van der Waals surface area contributed by atoms with E-state index in [-0.39, 0.29) is 5.75 Å². The van der Waals surface area contributed by atoms with Crippen LogP contribution in [0.3, 0.4) is 0 Å². The van der Waals surface area contributed by atoms with Crippen LogP contribution in [0.4, 0.5) is 20.6 Å². The van der Waals surface area contributed by atoms with Crippen molar-refractivity contribution in [2.75, 3.05) is 39.7 Å². The molecule has 0 atom stereocenters. The third-order valence-corrected chi connectivity index (χ3v) is 5.53. The lowest BCUT2D eigenvalue weighted by molar-refractivity contribution is 0.0523. The quantitative estimate of drug-likeness (QED) is 0.339. The summed E-state index contributed by atoms with van der Waals surface area (Å²) in [6.45, 7) is 7.38. The molecule has 37 heavy (non-hydrogen) atoms. The molecule has 0 saturated heterocycles. The van der Waals surface area contributed by atoms with Gasteiger partial charge in [0.15, 0.2) is 11.6 Å². The smallest absolute Gasteiger partial charge is 0.407 e. The van der Waals surface area contributed by atoms with Gasteiger partial charge in [0.2, 0.25) is 0 Å². The van der Waals surface area contributed by atoms with Crippen LogP contribution in [0.15, 0.2) is 60.7 Å². The second kappa shape index (κ2) is 12.5. The van der Waals surface area contributed by atoms with Gasteiger partial charge in [-0.1, -0.05) is 24.3 Å². The summed E-state index contributed by atoms with van der Waals surface area (Å²) in [5.74, 6) is 0.351. The number of nitrogens with zero attached hydrogens (tertiary/aromatic N) is 1. The van der Waals surface area contributed by atoms with Gasteiger partial charge in [-0.3, -0.25) is 0 Å². The van der Waals surface area contributed by atoms with E-state index >= 15 is 4.39 Å². The lowest BCUT2D eigenvalue weighted by Gasteiger charge is -2.21. The van der Waals surface area contributed by atoms with Crippen molar-refractivity contribution in [3.05, 3.63) is 72.0 Å². The minimum Gasteiger partial charge on any atom is -0.497 e. The molecule has 0 aliphatic carbocycles. The number of carbonyl (C=O) groups excluding carboxylic acids is 1. The summed E-state index contributed by atoms with van der Waals surface area (Å²) in [7, 11) is 5.02. The first kappa shape index (κ1) is 27.8. The highest BCUT2D eigenvalue weighted by atomic mass is 19.1. The summed E-state index contributed by atoms with van der Waals surface area (Å²) in [5, 5.41) is 6.01. The summed E-state index contributed by atoms with van der Waals surface area (Å²) in [6.07, 6.45) is -0.417. The van der Waals surface area contributed by atoms with Gasteiger partial charge in [-0.15, -0.1) is 0 Å². The molecule has 0 radical (unpaired) electrons. The van der Waals surface area contributed by atoms with E-state index < -0.39 is 17.5 Å². The minimum absolute atomic E-state index is 0.140. The molecule has 0 aromatic heterocycles. The van der Waals surface area contributed by atoms with Gasteiger partial charge >= 0.3 is 6.09 Å². The average molecular weight is 510 g/mol. The Bertz CT molecular complexity index is 1190. The number of hydrogen-bond donors (Lipinski definition) is 2. The fourth-order valence-corrected chi connectivity index (χ4v) is 3.77. The van der Waals surface area contributed by atoms with E-state index in [1.54, 1.807) is 25.3 Å². The lowest BCUT2D eigenvalue weighted by Crippen LogP contribution is -2.36. The number of rotatable bonds is 10. The van der Waals surface area contributed by atoms with Crippen LogP contribution in [-0.4, -0.2) is 51.0 Å². The first-order chi connectivity index (χ1) is 17.6. The van der Waals surface area contributed by atoms with Crippen LogP contribution in [0.2, 0.25) is 0 Å². The number of ether oxygens (including phenoxy) is 3. The maximum atomic E-state index is 15.4. The number of alkyl carbamates (subject to hydrolysis) is 1. The Morgan fingerprint density at radius 2 is 1.73 bits per heavy atom. The van der Waals surface area contributed by atoms with E-state index in [1.165, 1.54) is 7.11 Å². The zero-order chi connectivity index (χ0) is 27.0. The number of anilines is 2. The van der Waals surface area contributed by atoms with E-state index in [2.05, 4.69) is 15.5 Å². The molecule has 2 N–H and O–H groups in total. The first-order valence-corrected chi connectivity index (χ1v) is 12.1. The second-order valence-corrected chi connectivity index (χ2v) is 9.73. The number of amides is 1. The molecule has 7 nitrogen and oxygen atoms in total. The molecule has 198 valence electrons. The molecule has 0 aliphatic rings. The Labute approximate surface area is 218 Å². The van der Waals surface area contributed by atoms with Crippen molar-refractivity contribution in [1.29, 1.82) is 0 Å². The summed E-state index contributed by atoms with van der Waals surface area (Å²) < 4.78 is 31.3. The molecule has 0 spiro atoms. The summed E-state index contributed by atoms with van der Waals surface area (Å²) in [6, 6.07) is 18.7. The topological polar surface area (TPSA) is 72.1 Å². The Morgan fingerprint density at radius 1 is 1.00 bits per heavy atom. The van der Waals surface area contributed by atoms with E-state index in [0.717, 1.165) is 11.3 Å². The van der Waals surface area contributed by atoms with Gasteiger partial charge in [-0.2, -0.15) is 0 Å². The maximum absolute atomic E-state index is 15.4. The van der Waals surface area contributed by atoms with Gasteiger partial charge in [-0.05, 0) is 75.3 Å². The fraction of sp³-hybridized carbons (Fsp3) is 0.345. The molecule has 8 heteroatoms. The number of nitrogens with one attached hydrogen (secondary N) is 2. The van der Waals surface area contributed by atoms with Crippen LogP contribution in [-0.2, 0) is 11.3 Å². The highest BCUT2D eigenvalue weighted by Gasteiger charge is 2.17. The first-order valence-electron chi connectivity index (χ1n) is 12.1. The van der Waals surface area contributed by atoms with Crippen LogP contribution in [0.1, 0.15) is 26.3 Å². The van der Waals surface area contributed by atoms with E-state index in [9.17, 15) is 4.79 Å². The fourth-order valence-electron chi connectivity index (χ4n) is 3.77. The molecule has 0 bridgehead atoms. The third kappa shape index (κ3) is 8.11. The molecule has 0 fully saturated rings. The monoisotopic (exact) mass is 509 g/mol. The van der Waals surface area contributed by atoms with Crippen LogP contribution >= 0.6 is 0 Å². The van der Waals surface area contributed by atoms with Gasteiger partial charge in [0.25, 0.3) is 0 Å². The zero-order valence-electron chi connectivity index (χ0n) is 22.4. The Hall–Kier alpha value is -3.78. The Kier molecular flexibility index (Phi) is 9.36. The SMILES string of the molecule is COc1cccc(-c2ccc(Nc3ccc(CN(C)CCNC(=O)OC(C)(C)C)cc3)c(OC)c2F)c1. The number of halogens is 1. The minimum atomic E-state index is -0.514. The molecule has 3 aromatic rings. The van der Waals surface area contributed by atoms with Crippen molar-refractivity contribution < 1.29 is 23.4 Å². The van der Waals surface area contributed by atoms with Gasteiger partial charge in [0.1, 0.15) is 11.4 Å². The van der Waals surface area contributed by atoms with Gasteiger partial charge < -0.3 is 29.7 Å². The van der Waals surface area contributed by atoms with Crippen LogP contribution in [0.5, 0.6) is 11.5 Å². The number of methoxy groups -OCH3 is 2.